The van der Waals surface area contributed by atoms with E-state index >= 15 is 0 Å². The van der Waals surface area contributed by atoms with Gasteiger partial charge in [-0.15, -0.1) is 0 Å². The topological polar surface area (TPSA) is 37.8 Å². The summed E-state index contributed by atoms with van der Waals surface area (Å²) in [5, 5.41) is 3.59. The van der Waals surface area contributed by atoms with Crippen molar-refractivity contribution >= 4 is 28.3 Å². The Hall–Kier alpha value is -1.42. The molecule has 0 spiro atoms. The molecule has 3 nitrogen and oxygen atoms in total. The Bertz CT molecular complexity index is 569. The van der Waals surface area contributed by atoms with Gasteiger partial charge in [0.15, 0.2) is 0 Å². The van der Waals surface area contributed by atoms with Crippen molar-refractivity contribution in [2.45, 2.75) is 26.8 Å². The van der Waals surface area contributed by atoms with Crippen molar-refractivity contribution < 1.29 is 4.39 Å². The Morgan fingerprint density at radius 1 is 1.29 bits per heavy atom. The van der Waals surface area contributed by atoms with Crippen LogP contribution in [0.25, 0.3) is 10.9 Å². The van der Waals surface area contributed by atoms with Gasteiger partial charge in [-0.1, -0.05) is 6.07 Å². The number of hydrogen-bond donors (Lipinski definition) is 1. The summed E-state index contributed by atoms with van der Waals surface area (Å²) in [6.45, 7) is 5.77. The van der Waals surface area contributed by atoms with Crippen LogP contribution in [0.2, 0.25) is 5.28 Å². The largest absolute Gasteiger partial charge is 0.367 e. The summed E-state index contributed by atoms with van der Waals surface area (Å²) in [5.41, 5.74) is 1.42. The van der Waals surface area contributed by atoms with E-state index in [1.54, 1.807) is 6.07 Å². The summed E-state index contributed by atoms with van der Waals surface area (Å²) in [5.74, 6) is 0.0987. The number of benzene rings is 1. The summed E-state index contributed by atoms with van der Waals surface area (Å²) < 4.78 is 13.8. The first-order valence-corrected chi connectivity index (χ1v) is 5.75. The highest BCUT2D eigenvalue weighted by atomic mass is 35.5. The number of nitrogens with zero attached hydrogens (tertiary/aromatic N) is 2. The third kappa shape index (κ3) is 2.31. The van der Waals surface area contributed by atoms with E-state index in [1.165, 1.54) is 6.07 Å². The van der Waals surface area contributed by atoms with Gasteiger partial charge in [0.1, 0.15) is 11.6 Å². The number of fused-ring (bicyclic) bond motifs is 1. The molecule has 0 amide bonds. The molecule has 0 atom stereocenters. The Balaban J connectivity index is 2.77. The highest BCUT2D eigenvalue weighted by Gasteiger charge is 2.13. The van der Waals surface area contributed by atoms with Gasteiger partial charge in [-0.05, 0) is 44.0 Å². The first kappa shape index (κ1) is 12.0. The fourth-order valence-electron chi connectivity index (χ4n) is 1.68. The smallest absolute Gasteiger partial charge is 0.224 e. The lowest BCUT2D eigenvalue weighted by atomic mass is 10.1. The molecule has 0 radical (unpaired) electrons. The van der Waals surface area contributed by atoms with Crippen LogP contribution in [0.4, 0.5) is 10.2 Å². The van der Waals surface area contributed by atoms with Crippen LogP contribution in [0.15, 0.2) is 12.1 Å². The number of rotatable bonds is 2. The van der Waals surface area contributed by atoms with E-state index in [2.05, 4.69) is 15.3 Å². The minimum Gasteiger partial charge on any atom is -0.367 e. The zero-order valence-corrected chi connectivity index (χ0v) is 10.6. The molecule has 0 aliphatic carbocycles. The van der Waals surface area contributed by atoms with Crippen molar-refractivity contribution in [2.24, 2.45) is 0 Å². The average molecular weight is 254 g/mol. The predicted molar refractivity (Wildman–Crippen MR) is 68.0 cm³/mol. The molecule has 1 aromatic heterocycles. The lowest BCUT2D eigenvalue weighted by Crippen LogP contribution is -2.12. The molecular weight excluding hydrogens is 241 g/mol. The van der Waals surface area contributed by atoms with Crippen molar-refractivity contribution in [3.63, 3.8) is 0 Å². The lowest BCUT2D eigenvalue weighted by Gasteiger charge is -2.13. The van der Waals surface area contributed by atoms with Crippen LogP contribution in [-0.2, 0) is 0 Å². The number of halogens is 2. The quantitative estimate of drug-likeness (QED) is 0.832. The van der Waals surface area contributed by atoms with Gasteiger partial charge in [-0.3, -0.25) is 0 Å². The maximum Gasteiger partial charge on any atom is 0.224 e. The van der Waals surface area contributed by atoms with E-state index in [9.17, 15) is 4.39 Å². The molecule has 0 saturated carbocycles. The lowest BCUT2D eigenvalue weighted by molar-refractivity contribution is 0.639. The van der Waals surface area contributed by atoms with Gasteiger partial charge in [0.05, 0.1) is 10.9 Å². The Morgan fingerprint density at radius 2 is 2.00 bits per heavy atom. The Morgan fingerprint density at radius 3 is 2.65 bits per heavy atom. The molecule has 0 unspecified atom stereocenters. The molecule has 1 N–H and O–H groups in total. The van der Waals surface area contributed by atoms with Gasteiger partial charge in [-0.25, -0.2) is 14.4 Å². The molecular formula is C12H13ClFN3. The van der Waals surface area contributed by atoms with Crippen LogP contribution in [-0.4, -0.2) is 16.0 Å². The fourth-order valence-corrected chi connectivity index (χ4v) is 1.85. The van der Waals surface area contributed by atoms with E-state index in [0.29, 0.717) is 16.7 Å². The molecule has 0 saturated heterocycles. The van der Waals surface area contributed by atoms with Gasteiger partial charge in [0.25, 0.3) is 0 Å². The van der Waals surface area contributed by atoms with Crippen LogP contribution in [0.3, 0.4) is 0 Å². The van der Waals surface area contributed by atoms with Crippen molar-refractivity contribution in [3.05, 3.63) is 28.8 Å². The predicted octanol–water partition coefficient (Wildman–Crippen LogP) is 3.55. The third-order valence-corrected chi connectivity index (χ3v) is 2.57. The first-order valence-electron chi connectivity index (χ1n) is 5.38. The van der Waals surface area contributed by atoms with Crippen molar-refractivity contribution in [1.29, 1.82) is 0 Å². The van der Waals surface area contributed by atoms with Gasteiger partial charge < -0.3 is 5.32 Å². The van der Waals surface area contributed by atoms with Gasteiger partial charge in [-0.2, -0.15) is 0 Å². The number of anilines is 1. The molecule has 5 heteroatoms. The second-order valence-corrected chi connectivity index (χ2v) is 4.57. The van der Waals surface area contributed by atoms with E-state index in [1.807, 2.05) is 20.8 Å². The summed E-state index contributed by atoms with van der Waals surface area (Å²) in [7, 11) is 0. The van der Waals surface area contributed by atoms with Crippen molar-refractivity contribution in [1.82, 2.24) is 9.97 Å². The van der Waals surface area contributed by atoms with E-state index in [-0.39, 0.29) is 17.1 Å². The molecule has 2 rings (SSSR count). The van der Waals surface area contributed by atoms with Crippen LogP contribution in [0.5, 0.6) is 0 Å². The normalized spacial score (nSPS) is 11.2. The SMILES string of the molecule is Cc1ccc(F)c2c(NC(C)C)nc(Cl)nc12. The van der Waals surface area contributed by atoms with Gasteiger partial charge in [0, 0.05) is 6.04 Å². The second-order valence-electron chi connectivity index (χ2n) is 4.23. The van der Waals surface area contributed by atoms with Crippen LogP contribution >= 0.6 is 11.6 Å². The number of aromatic nitrogens is 2. The maximum absolute atomic E-state index is 13.8. The number of aryl methyl sites for hydroxylation is 1. The molecule has 0 aliphatic rings. The van der Waals surface area contributed by atoms with Crippen LogP contribution in [0, 0.1) is 12.7 Å². The number of nitrogens with one attached hydrogen (secondary N) is 1. The summed E-state index contributed by atoms with van der Waals surface area (Å²) in [4.78, 5) is 8.12. The van der Waals surface area contributed by atoms with Gasteiger partial charge in [0.2, 0.25) is 5.28 Å². The Labute approximate surface area is 104 Å². The number of hydrogen-bond acceptors (Lipinski definition) is 3. The summed E-state index contributed by atoms with van der Waals surface area (Å²) in [6, 6.07) is 3.24. The minimum atomic E-state index is -0.342. The zero-order chi connectivity index (χ0) is 12.6. The molecule has 1 aromatic carbocycles. The molecule has 1 heterocycles. The molecule has 0 fully saturated rings. The third-order valence-electron chi connectivity index (χ3n) is 2.40. The summed E-state index contributed by atoms with van der Waals surface area (Å²) in [6.07, 6.45) is 0. The molecule has 0 aliphatic heterocycles. The summed E-state index contributed by atoms with van der Waals surface area (Å²) >= 11 is 5.85. The van der Waals surface area contributed by atoms with E-state index in [4.69, 9.17) is 11.6 Å². The van der Waals surface area contributed by atoms with Crippen LogP contribution < -0.4 is 5.32 Å². The monoisotopic (exact) mass is 253 g/mol. The van der Waals surface area contributed by atoms with Crippen molar-refractivity contribution in [3.8, 4) is 0 Å². The molecule has 90 valence electrons. The zero-order valence-electron chi connectivity index (χ0n) is 9.88. The second kappa shape index (κ2) is 4.45. The molecule has 0 bridgehead atoms. The molecule has 2 aromatic rings. The van der Waals surface area contributed by atoms with Crippen molar-refractivity contribution in [2.75, 3.05) is 5.32 Å². The fraction of sp³-hybridized carbons (Fsp3) is 0.333. The standard InChI is InChI=1S/C12H13ClFN3/c1-6(2)15-11-9-8(14)5-4-7(3)10(9)16-12(13)17-11/h4-6H,1-3H3,(H,15,16,17). The Kier molecular flexibility index (Phi) is 3.15. The van der Waals surface area contributed by atoms with E-state index in [0.717, 1.165) is 5.56 Å². The minimum absolute atomic E-state index is 0.120. The maximum atomic E-state index is 13.8. The average Bonchev–Trinajstić information content (AvgIpc) is 2.22. The highest BCUT2D eigenvalue weighted by molar-refractivity contribution is 6.28. The van der Waals surface area contributed by atoms with Crippen LogP contribution in [0.1, 0.15) is 19.4 Å². The van der Waals surface area contributed by atoms with E-state index < -0.39 is 0 Å². The van der Waals surface area contributed by atoms with Gasteiger partial charge >= 0.3 is 0 Å². The first-order chi connectivity index (χ1) is 7.99. The highest BCUT2D eigenvalue weighted by Crippen LogP contribution is 2.27. The molecule has 17 heavy (non-hydrogen) atoms.